The molecule has 7 nitrogen and oxygen atoms in total. The van der Waals surface area contributed by atoms with Crippen LogP contribution in [0.3, 0.4) is 0 Å². The van der Waals surface area contributed by atoms with Crippen LogP contribution in [-0.4, -0.2) is 47.0 Å². The van der Waals surface area contributed by atoms with Gasteiger partial charge in [0.1, 0.15) is 24.5 Å². The zero-order valence-electron chi connectivity index (χ0n) is 14.7. The summed E-state index contributed by atoms with van der Waals surface area (Å²) in [6.07, 6.45) is 2.62. The molecular formula is C17H25BrN6O. The smallest absolute Gasteiger partial charge is 0.191 e. The standard InChI is InChI=1S/C17H25BrN6O/c1-3-16-23-22-13-24(16)11-9-20-17(19-4-2)21-10-12-25-15-7-5-14(18)6-8-15/h5-8,13H,3-4,9-12H2,1-2H3,(H2,19,20,21). The van der Waals surface area contributed by atoms with Gasteiger partial charge < -0.3 is 19.9 Å². The van der Waals surface area contributed by atoms with E-state index in [2.05, 4.69) is 48.7 Å². The highest BCUT2D eigenvalue weighted by Gasteiger charge is 2.01. The fourth-order valence-electron chi connectivity index (χ4n) is 2.22. The average Bonchev–Trinajstić information content (AvgIpc) is 3.07. The van der Waals surface area contributed by atoms with Crippen molar-refractivity contribution >= 4 is 21.9 Å². The van der Waals surface area contributed by atoms with E-state index in [0.29, 0.717) is 19.7 Å². The van der Waals surface area contributed by atoms with Gasteiger partial charge in [-0.15, -0.1) is 10.2 Å². The molecular weight excluding hydrogens is 384 g/mol. The van der Waals surface area contributed by atoms with Crippen LogP contribution in [-0.2, 0) is 13.0 Å². The van der Waals surface area contributed by atoms with Crippen molar-refractivity contribution in [2.45, 2.75) is 26.8 Å². The van der Waals surface area contributed by atoms with Crippen LogP contribution in [0.5, 0.6) is 5.75 Å². The van der Waals surface area contributed by atoms with Crippen LogP contribution < -0.4 is 15.4 Å². The summed E-state index contributed by atoms with van der Waals surface area (Å²) in [5, 5.41) is 14.5. The van der Waals surface area contributed by atoms with Gasteiger partial charge in [0.2, 0.25) is 0 Å². The van der Waals surface area contributed by atoms with E-state index in [1.54, 1.807) is 6.33 Å². The molecule has 1 heterocycles. The van der Waals surface area contributed by atoms with Gasteiger partial charge in [0, 0.05) is 24.0 Å². The molecule has 0 aliphatic rings. The van der Waals surface area contributed by atoms with Crippen LogP contribution in [0.15, 0.2) is 40.1 Å². The molecule has 8 heteroatoms. The molecule has 1 aromatic heterocycles. The van der Waals surface area contributed by atoms with E-state index in [1.165, 1.54) is 0 Å². The van der Waals surface area contributed by atoms with Crippen LogP contribution in [0.2, 0.25) is 0 Å². The molecule has 25 heavy (non-hydrogen) atoms. The minimum absolute atomic E-state index is 0.567. The number of guanidine groups is 1. The normalized spacial score (nSPS) is 11.4. The van der Waals surface area contributed by atoms with Crippen LogP contribution in [0.4, 0.5) is 0 Å². The Morgan fingerprint density at radius 1 is 1.24 bits per heavy atom. The number of hydrogen-bond acceptors (Lipinski definition) is 4. The lowest BCUT2D eigenvalue weighted by Gasteiger charge is -2.12. The number of rotatable bonds is 9. The van der Waals surface area contributed by atoms with Crippen molar-refractivity contribution in [3.8, 4) is 5.75 Å². The molecule has 0 radical (unpaired) electrons. The minimum atomic E-state index is 0.567. The predicted octanol–water partition coefficient (Wildman–Crippen LogP) is 2.24. The summed E-state index contributed by atoms with van der Waals surface area (Å²) in [5.41, 5.74) is 0. The molecule has 0 amide bonds. The van der Waals surface area contributed by atoms with E-state index in [1.807, 2.05) is 35.8 Å². The third kappa shape index (κ3) is 6.74. The molecule has 1 aromatic carbocycles. The summed E-state index contributed by atoms with van der Waals surface area (Å²) in [7, 11) is 0. The van der Waals surface area contributed by atoms with Gasteiger partial charge in [0.05, 0.1) is 13.1 Å². The Balaban J connectivity index is 1.74. The third-order valence-corrected chi connectivity index (χ3v) is 3.97. The summed E-state index contributed by atoms with van der Waals surface area (Å²) in [5.74, 6) is 2.62. The molecule has 2 aromatic rings. The predicted molar refractivity (Wildman–Crippen MR) is 103 cm³/mol. The molecule has 0 saturated carbocycles. The van der Waals surface area contributed by atoms with E-state index >= 15 is 0 Å². The average molecular weight is 409 g/mol. The summed E-state index contributed by atoms with van der Waals surface area (Å²) in [6, 6.07) is 7.80. The van der Waals surface area contributed by atoms with E-state index in [-0.39, 0.29) is 0 Å². The highest BCUT2D eigenvalue weighted by Crippen LogP contribution is 2.15. The van der Waals surface area contributed by atoms with E-state index < -0.39 is 0 Å². The van der Waals surface area contributed by atoms with Crippen LogP contribution in [0.25, 0.3) is 0 Å². The first-order valence-electron chi connectivity index (χ1n) is 8.50. The maximum absolute atomic E-state index is 5.70. The first-order valence-corrected chi connectivity index (χ1v) is 9.29. The number of ether oxygens (including phenoxy) is 1. The van der Waals surface area contributed by atoms with Crippen molar-refractivity contribution in [3.05, 3.63) is 40.9 Å². The fraction of sp³-hybridized carbons (Fsp3) is 0.471. The Hall–Kier alpha value is -2.09. The van der Waals surface area contributed by atoms with E-state index in [0.717, 1.165) is 41.5 Å². The molecule has 0 aliphatic heterocycles. The van der Waals surface area contributed by atoms with Gasteiger partial charge in [0.15, 0.2) is 5.96 Å². The zero-order valence-corrected chi connectivity index (χ0v) is 16.3. The maximum Gasteiger partial charge on any atom is 0.191 e. The van der Waals surface area contributed by atoms with Crippen LogP contribution >= 0.6 is 15.9 Å². The van der Waals surface area contributed by atoms with Crippen molar-refractivity contribution in [2.24, 2.45) is 4.99 Å². The van der Waals surface area contributed by atoms with Gasteiger partial charge in [0.25, 0.3) is 0 Å². The second kappa shape index (κ2) is 10.7. The number of aliphatic imine (C=N–C) groups is 1. The summed E-state index contributed by atoms with van der Waals surface area (Å²) < 4.78 is 8.77. The van der Waals surface area contributed by atoms with Crippen LogP contribution in [0, 0.1) is 0 Å². The van der Waals surface area contributed by atoms with Crippen molar-refractivity contribution in [3.63, 3.8) is 0 Å². The van der Waals surface area contributed by atoms with Crippen molar-refractivity contribution < 1.29 is 4.74 Å². The number of aromatic nitrogens is 3. The number of nitrogens with zero attached hydrogens (tertiary/aromatic N) is 4. The quantitative estimate of drug-likeness (QED) is 0.378. The molecule has 0 bridgehead atoms. The Morgan fingerprint density at radius 3 is 2.76 bits per heavy atom. The molecule has 0 atom stereocenters. The van der Waals surface area contributed by atoms with Gasteiger partial charge in [-0.2, -0.15) is 0 Å². The Labute approximate surface area is 157 Å². The molecule has 0 aliphatic carbocycles. The summed E-state index contributed by atoms with van der Waals surface area (Å²) >= 11 is 3.41. The Kier molecular flexibility index (Phi) is 8.24. The molecule has 136 valence electrons. The summed E-state index contributed by atoms with van der Waals surface area (Å²) in [6.45, 7) is 7.60. The molecule has 2 rings (SSSR count). The van der Waals surface area contributed by atoms with Crippen molar-refractivity contribution in [1.29, 1.82) is 0 Å². The Morgan fingerprint density at radius 2 is 2.04 bits per heavy atom. The number of hydrogen-bond donors (Lipinski definition) is 2. The monoisotopic (exact) mass is 408 g/mol. The lowest BCUT2D eigenvalue weighted by molar-refractivity contribution is 0.322. The van der Waals surface area contributed by atoms with Gasteiger partial charge >= 0.3 is 0 Å². The van der Waals surface area contributed by atoms with Gasteiger partial charge in [-0.3, -0.25) is 4.99 Å². The van der Waals surface area contributed by atoms with Gasteiger partial charge in [-0.25, -0.2) is 0 Å². The van der Waals surface area contributed by atoms with Crippen LogP contribution in [0.1, 0.15) is 19.7 Å². The van der Waals surface area contributed by atoms with Gasteiger partial charge in [-0.05, 0) is 31.2 Å². The number of nitrogens with one attached hydrogen (secondary N) is 2. The third-order valence-electron chi connectivity index (χ3n) is 3.44. The summed E-state index contributed by atoms with van der Waals surface area (Å²) in [4.78, 5) is 4.58. The lowest BCUT2D eigenvalue weighted by atomic mass is 10.3. The molecule has 2 N–H and O–H groups in total. The highest BCUT2D eigenvalue weighted by atomic mass is 79.9. The first-order chi connectivity index (χ1) is 12.2. The topological polar surface area (TPSA) is 76.4 Å². The van der Waals surface area contributed by atoms with Crippen molar-refractivity contribution in [1.82, 2.24) is 25.4 Å². The lowest BCUT2D eigenvalue weighted by Crippen LogP contribution is -2.39. The molecule has 0 saturated heterocycles. The largest absolute Gasteiger partial charge is 0.492 e. The second-order valence-electron chi connectivity index (χ2n) is 5.28. The van der Waals surface area contributed by atoms with E-state index in [4.69, 9.17) is 4.74 Å². The number of aryl methyl sites for hydroxylation is 1. The maximum atomic E-state index is 5.70. The molecule has 0 unspecified atom stereocenters. The number of benzene rings is 1. The second-order valence-corrected chi connectivity index (χ2v) is 6.20. The first kappa shape index (κ1) is 19.2. The van der Waals surface area contributed by atoms with Crippen molar-refractivity contribution in [2.75, 3.05) is 26.2 Å². The Bertz CT molecular complexity index is 655. The highest BCUT2D eigenvalue weighted by molar-refractivity contribution is 9.10. The molecule has 0 fully saturated rings. The minimum Gasteiger partial charge on any atom is -0.492 e. The van der Waals surface area contributed by atoms with Gasteiger partial charge in [-0.1, -0.05) is 22.9 Å². The number of halogens is 1. The zero-order chi connectivity index (χ0) is 17.9. The fourth-order valence-corrected chi connectivity index (χ4v) is 2.48. The van der Waals surface area contributed by atoms with E-state index in [9.17, 15) is 0 Å². The molecule has 0 spiro atoms. The SMILES string of the molecule is CCNC(=NCCn1cnnc1CC)NCCOc1ccc(Br)cc1.